The van der Waals surface area contributed by atoms with E-state index in [9.17, 15) is 9.59 Å². The molecule has 2 aromatic rings. The van der Waals surface area contributed by atoms with Crippen LogP contribution < -0.4 is 14.8 Å². The molecule has 2 aromatic carbocycles. The van der Waals surface area contributed by atoms with Crippen LogP contribution in [0.5, 0.6) is 11.5 Å². The van der Waals surface area contributed by atoms with Gasteiger partial charge in [-0.05, 0) is 48.9 Å². The van der Waals surface area contributed by atoms with Gasteiger partial charge in [-0.15, -0.1) is 0 Å². The van der Waals surface area contributed by atoms with E-state index < -0.39 is 11.9 Å². The quantitative estimate of drug-likeness (QED) is 0.522. The molecule has 0 bridgehead atoms. The minimum absolute atomic E-state index is 0.0328. The van der Waals surface area contributed by atoms with Gasteiger partial charge in [0.1, 0.15) is 0 Å². The predicted molar refractivity (Wildman–Crippen MR) is 131 cm³/mol. The first kappa shape index (κ1) is 22.7. The summed E-state index contributed by atoms with van der Waals surface area (Å²) in [4.78, 5) is 26.9. The lowest BCUT2D eigenvalue weighted by Crippen LogP contribution is -2.36. The van der Waals surface area contributed by atoms with Crippen molar-refractivity contribution < 1.29 is 23.8 Å². The summed E-state index contributed by atoms with van der Waals surface area (Å²) in [5, 5.41) is 3.39. The first-order chi connectivity index (χ1) is 16.5. The van der Waals surface area contributed by atoms with E-state index in [1.807, 2.05) is 44.2 Å². The number of halogens is 1. The zero-order chi connectivity index (χ0) is 23.8. The van der Waals surface area contributed by atoms with Crippen molar-refractivity contribution in [1.82, 2.24) is 5.32 Å². The van der Waals surface area contributed by atoms with Crippen molar-refractivity contribution in [2.75, 3.05) is 13.4 Å². The number of rotatable bonds is 5. The molecular formula is C27H26BrNO5. The summed E-state index contributed by atoms with van der Waals surface area (Å²) in [5.41, 5.74) is 4.58. The van der Waals surface area contributed by atoms with Crippen LogP contribution in [0, 0.1) is 0 Å². The molecule has 2 atom stereocenters. The minimum atomic E-state index is -0.561. The maximum Gasteiger partial charge on any atom is 0.336 e. The third kappa shape index (κ3) is 4.02. The molecule has 3 aliphatic rings. The molecule has 0 radical (unpaired) electrons. The highest BCUT2D eigenvalue weighted by atomic mass is 79.9. The van der Waals surface area contributed by atoms with Gasteiger partial charge < -0.3 is 19.5 Å². The van der Waals surface area contributed by atoms with Crippen molar-refractivity contribution in [2.45, 2.75) is 44.9 Å². The summed E-state index contributed by atoms with van der Waals surface area (Å²) < 4.78 is 17.4. The molecule has 34 heavy (non-hydrogen) atoms. The molecular weight excluding hydrogens is 498 g/mol. The molecule has 0 unspecified atom stereocenters. The highest BCUT2D eigenvalue weighted by Crippen LogP contribution is 2.49. The van der Waals surface area contributed by atoms with Gasteiger partial charge in [0.2, 0.25) is 6.79 Å². The summed E-state index contributed by atoms with van der Waals surface area (Å²) in [5.74, 6) is 0.379. The Morgan fingerprint density at radius 2 is 1.88 bits per heavy atom. The molecule has 1 aliphatic carbocycles. The molecule has 0 saturated heterocycles. The van der Waals surface area contributed by atoms with Gasteiger partial charge in [-0.2, -0.15) is 0 Å². The van der Waals surface area contributed by atoms with Gasteiger partial charge in [0, 0.05) is 33.8 Å². The molecule has 0 fully saturated rings. The van der Waals surface area contributed by atoms with Gasteiger partial charge in [-0.1, -0.05) is 53.2 Å². The number of Topliss-reactive ketones (excluding diaryl/α,β-unsaturated/α-hetero) is 1. The normalized spacial score (nSPS) is 21.3. The Morgan fingerprint density at radius 1 is 1.15 bits per heavy atom. The summed E-state index contributed by atoms with van der Waals surface area (Å²) in [6.45, 7) is 4.29. The minimum Gasteiger partial charge on any atom is -0.462 e. The van der Waals surface area contributed by atoms with E-state index in [0.717, 1.165) is 27.7 Å². The SMILES string of the molecule is CCCOC(=O)C1=C(C)NC2=C(C(=O)C[C@H](c3ccccc3)C2)[C@@H]1c1cc2c(cc1Br)OCO2. The lowest BCUT2D eigenvalue weighted by atomic mass is 9.71. The average molecular weight is 524 g/mol. The molecule has 1 N–H and O–H groups in total. The zero-order valence-corrected chi connectivity index (χ0v) is 20.7. The van der Waals surface area contributed by atoms with E-state index in [0.29, 0.717) is 47.8 Å². The fourth-order valence-electron chi connectivity index (χ4n) is 5.01. The Hall–Kier alpha value is -3.06. The molecule has 2 heterocycles. The number of ketones is 1. The predicted octanol–water partition coefficient (Wildman–Crippen LogP) is 5.49. The van der Waals surface area contributed by atoms with E-state index in [2.05, 4.69) is 33.4 Å². The highest BCUT2D eigenvalue weighted by Gasteiger charge is 2.42. The fraction of sp³-hybridized carbons (Fsp3) is 0.333. The first-order valence-corrected chi connectivity index (χ1v) is 12.3. The van der Waals surface area contributed by atoms with Gasteiger partial charge in [0.05, 0.1) is 12.2 Å². The second-order valence-electron chi connectivity index (χ2n) is 8.79. The van der Waals surface area contributed by atoms with Crippen molar-refractivity contribution in [3.05, 3.63) is 80.6 Å². The lowest BCUT2D eigenvalue weighted by Gasteiger charge is -2.37. The van der Waals surface area contributed by atoms with Crippen LogP contribution in [0.2, 0.25) is 0 Å². The number of carbonyl (C=O) groups excluding carboxylic acids is 2. The highest BCUT2D eigenvalue weighted by molar-refractivity contribution is 9.10. The largest absolute Gasteiger partial charge is 0.462 e. The maximum atomic E-state index is 13.7. The topological polar surface area (TPSA) is 73.9 Å². The second-order valence-corrected chi connectivity index (χ2v) is 9.65. The molecule has 0 saturated carbocycles. The third-order valence-electron chi connectivity index (χ3n) is 6.56. The van der Waals surface area contributed by atoms with Crippen LogP contribution in [0.1, 0.15) is 56.1 Å². The van der Waals surface area contributed by atoms with E-state index in [1.165, 1.54) is 0 Å². The molecule has 7 heteroatoms. The van der Waals surface area contributed by atoms with Crippen molar-refractivity contribution >= 4 is 27.7 Å². The second kappa shape index (κ2) is 9.29. The number of esters is 1. The average Bonchev–Trinajstić information content (AvgIpc) is 3.28. The summed E-state index contributed by atoms with van der Waals surface area (Å²) in [6.07, 6.45) is 1.80. The Morgan fingerprint density at radius 3 is 2.62 bits per heavy atom. The Bertz CT molecular complexity index is 1220. The van der Waals surface area contributed by atoms with Crippen LogP contribution in [0.4, 0.5) is 0 Å². The molecule has 0 spiro atoms. The molecule has 5 rings (SSSR count). The van der Waals surface area contributed by atoms with Crippen LogP contribution in [-0.4, -0.2) is 25.2 Å². The van der Waals surface area contributed by atoms with Crippen molar-refractivity contribution in [2.24, 2.45) is 0 Å². The molecule has 6 nitrogen and oxygen atoms in total. The van der Waals surface area contributed by atoms with Crippen molar-refractivity contribution in [3.8, 4) is 11.5 Å². The third-order valence-corrected chi connectivity index (χ3v) is 7.25. The van der Waals surface area contributed by atoms with Gasteiger partial charge in [0.25, 0.3) is 0 Å². The number of allylic oxidation sites excluding steroid dienone is 3. The van der Waals surface area contributed by atoms with E-state index >= 15 is 0 Å². The van der Waals surface area contributed by atoms with Crippen molar-refractivity contribution in [3.63, 3.8) is 0 Å². The first-order valence-electron chi connectivity index (χ1n) is 11.5. The van der Waals surface area contributed by atoms with Crippen molar-refractivity contribution in [1.29, 1.82) is 0 Å². The van der Waals surface area contributed by atoms with E-state index in [-0.39, 0.29) is 18.5 Å². The summed E-state index contributed by atoms with van der Waals surface area (Å²) >= 11 is 3.66. The lowest BCUT2D eigenvalue weighted by molar-refractivity contribution is -0.139. The number of ether oxygens (including phenoxy) is 3. The van der Waals surface area contributed by atoms with Gasteiger partial charge in [0.15, 0.2) is 17.3 Å². The monoisotopic (exact) mass is 523 g/mol. The Kier molecular flexibility index (Phi) is 6.21. The van der Waals surface area contributed by atoms with E-state index in [4.69, 9.17) is 14.2 Å². The van der Waals surface area contributed by atoms with Crippen LogP contribution in [0.3, 0.4) is 0 Å². The standard InChI is InChI=1S/C27H26BrNO5/c1-3-9-32-27(31)24-15(2)29-20-10-17(16-7-5-4-6-8-16)11-21(30)26(20)25(24)18-12-22-23(13-19(18)28)34-14-33-22/h4-8,12-13,17,25,29H,3,9-11,14H2,1-2H3/t17-,25-/m1/s1. The van der Waals surface area contributed by atoms with Gasteiger partial charge >= 0.3 is 5.97 Å². The molecule has 0 amide bonds. The molecule has 0 aromatic heterocycles. The zero-order valence-electron chi connectivity index (χ0n) is 19.2. The summed E-state index contributed by atoms with van der Waals surface area (Å²) in [6, 6.07) is 13.8. The number of fused-ring (bicyclic) bond motifs is 1. The van der Waals surface area contributed by atoms with Crippen LogP contribution in [-0.2, 0) is 14.3 Å². The number of dihydropyridines is 1. The number of carbonyl (C=O) groups is 2. The van der Waals surface area contributed by atoms with E-state index in [1.54, 1.807) is 0 Å². The number of benzene rings is 2. The van der Waals surface area contributed by atoms with Crippen LogP contribution in [0.15, 0.2) is 69.5 Å². The Labute approximate surface area is 207 Å². The maximum absolute atomic E-state index is 13.7. The molecule has 2 aliphatic heterocycles. The Balaban J connectivity index is 1.62. The summed E-state index contributed by atoms with van der Waals surface area (Å²) in [7, 11) is 0. The number of hydrogen-bond acceptors (Lipinski definition) is 6. The number of nitrogens with one attached hydrogen (secondary N) is 1. The van der Waals surface area contributed by atoms with Crippen LogP contribution in [0.25, 0.3) is 0 Å². The number of hydrogen-bond donors (Lipinski definition) is 1. The van der Waals surface area contributed by atoms with Crippen LogP contribution >= 0.6 is 15.9 Å². The fourth-order valence-corrected chi connectivity index (χ4v) is 5.56. The molecule has 176 valence electrons. The van der Waals surface area contributed by atoms with Gasteiger partial charge in [-0.25, -0.2) is 4.79 Å². The van der Waals surface area contributed by atoms with Gasteiger partial charge in [-0.3, -0.25) is 4.79 Å². The smallest absolute Gasteiger partial charge is 0.336 e.